The molecule has 0 bridgehead atoms. The summed E-state index contributed by atoms with van der Waals surface area (Å²) in [6.07, 6.45) is 2.42. The van der Waals surface area contributed by atoms with Crippen LogP contribution in [0, 0.1) is 0 Å². The Morgan fingerprint density at radius 3 is 2.63 bits per heavy atom. The highest BCUT2D eigenvalue weighted by atomic mass is 16.5. The van der Waals surface area contributed by atoms with Gasteiger partial charge in [-0.1, -0.05) is 12.1 Å². The van der Waals surface area contributed by atoms with Crippen LogP contribution in [0.15, 0.2) is 30.3 Å². The van der Waals surface area contributed by atoms with Crippen molar-refractivity contribution < 1.29 is 19.4 Å². The molecule has 0 aromatic heterocycles. The van der Waals surface area contributed by atoms with Gasteiger partial charge in [-0.05, 0) is 23.8 Å². The first-order valence-electron chi connectivity index (χ1n) is 5.92. The summed E-state index contributed by atoms with van der Waals surface area (Å²) in [6.45, 7) is 0.363. The van der Waals surface area contributed by atoms with Crippen LogP contribution in [-0.4, -0.2) is 44.5 Å². The van der Waals surface area contributed by atoms with Gasteiger partial charge < -0.3 is 19.9 Å². The van der Waals surface area contributed by atoms with Gasteiger partial charge in [0.05, 0.1) is 19.8 Å². The summed E-state index contributed by atoms with van der Waals surface area (Å²) in [5.41, 5.74) is 0.897. The van der Waals surface area contributed by atoms with Crippen molar-refractivity contribution in [2.75, 3.05) is 27.4 Å². The van der Waals surface area contributed by atoms with Crippen LogP contribution in [0.5, 0.6) is 5.75 Å². The number of hydrogen-bond donors (Lipinski definition) is 2. The third-order valence-electron chi connectivity index (χ3n) is 2.41. The molecular weight excluding hydrogens is 246 g/mol. The molecule has 19 heavy (non-hydrogen) atoms. The molecule has 1 aromatic rings. The Balaban J connectivity index is 2.40. The zero-order valence-electron chi connectivity index (χ0n) is 11.1. The molecule has 1 rings (SSSR count). The van der Waals surface area contributed by atoms with Gasteiger partial charge in [0.15, 0.2) is 0 Å². The maximum atomic E-state index is 11.5. The van der Waals surface area contributed by atoms with Gasteiger partial charge in [0, 0.05) is 19.7 Å². The van der Waals surface area contributed by atoms with E-state index in [9.17, 15) is 9.90 Å². The van der Waals surface area contributed by atoms with E-state index in [0.717, 1.165) is 11.3 Å². The van der Waals surface area contributed by atoms with Crippen molar-refractivity contribution in [1.82, 2.24) is 5.32 Å². The quantitative estimate of drug-likeness (QED) is 0.717. The SMILES string of the molecule is COCC(O)CNC(=O)C=Cc1ccc(OC)cc1. The molecule has 5 heteroatoms. The molecule has 0 spiro atoms. The third kappa shape index (κ3) is 6.03. The topological polar surface area (TPSA) is 67.8 Å². The van der Waals surface area contributed by atoms with Crippen LogP contribution in [-0.2, 0) is 9.53 Å². The van der Waals surface area contributed by atoms with Crippen LogP contribution in [0.2, 0.25) is 0 Å². The van der Waals surface area contributed by atoms with Crippen molar-refractivity contribution in [3.05, 3.63) is 35.9 Å². The summed E-state index contributed by atoms with van der Waals surface area (Å²) < 4.78 is 9.80. The molecule has 104 valence electrons. The monoisotopic (exact) mass is 265 g/mol. The van der Waals surface area contributed by atoms with Gasteiger partial charge in [-0.2, -0.15) is 0 Å². The van der Waals surface area contributed by atoms with Gasteiger partial charge in [0.25, 0.3) is 0 Å². The molecule has 0 aliphatic rings. The number of carbonyl (C=O) groups excluding carboxylic acids is 1. The van der Waals surface area contributed by atoms with Crippen LogP contribution in [0.3, 0.4) is 0 Å². The number of ether oxygens (including phenoxy) is 2. The van der Waals surface area contributed by atoms with Crippen molar-refractivity contribution in [3.63, 3.8) is 0 Å². The fourth-order valence-electron chi connectivity index (χ4n) is 1.42. The van der Waals surface area contributed by atoms with Gasteiger partial charge in [-0.15, -0.1) is 0 Å². The minimum Gasteiger partial charge on any atom is -0.497 e. The Labute approximate surface area is 112 Å². The lowest BCUT2D eigenvalue weighted by atomic mass is 10.2. The lowest BCUT2D eigenvalue weighted by Gasteiger charge is -2.09. The number of aliphatic hydroxyl groups is 1. The second-order valence-corrected chi connectivity index (χ2v) is 3.96. The Kier molecular flexibility index (Phi) is 6.63. The van der Waals surface area contributed by atoms with Crippen molar-refractivity contribution >= 4 is 12.0 Å². The zero-order chi connectivity index (χ0) is 14.1. The van der Waals surface area contributed by atoms with Crippen LogP contribution < -0.4 is 10.1 Å². The number of nitrogens with one attached hydrogen (secondary N) is 1. The molecule has 1 aromatic carbocycles. The summed E-state index contributed by atoms with van der Waals surface area (Å²) >= 11 is 0. The molecule has 0 saturated carbocycles. The highest BCUT2D eigenvalue weighted by molar-refractivity contribution is 5.91. The molecule has 0 radical (unpaired) electrons. The van der Waals surface area contributed by atoms with E-state index in [1.165, 1.54) is 13.2 Å². The van der Waals surface area contributed by atoms with Crippen LogP contribution in [0.1, 0.15) is 5.56 Å². The summed E-state index contributed by atoms with van der Waals surface area (Å²) in [6, 6.07) is 7.34. The van der Waals surface area contributed by atoms with Crippen molar-refractivity contribution in [1.29, 1.82) is 0 Å². The first kappa shape index (κ1) is 15.2. The molecule has 0 heterocycles. The molecule has 1 atom stereocenters. The molecular formula is C14H19NO4. The van der Waals surface area contributed by atoms with E-state index >= 15 is 0 Å². The number of carbonyl (C=O) groups is 1. The van der Waals surface area contributed by atoms with Gasteiger partial charge in [-0.3, -0.25) is 4.79 Å². The Morgan fingerprint density at radius 1 is 1.37 bits per heavy atom. The standard InChI is InChI=1S/C14H19NO4/c1-18-10-12(16)9-15-14(17)8-5-11-3-6-13(19-2)7-4-11/h3-8,12,16H,9-10H2,1-2H3,(H,15,17). The number of aliphatic hydroxyl groups excluding tert-OH is 1. The third-order valence-corrected chi connectivity index (χ3v) is 2.41. The molecule has 1 unspecified atom stereocenters. The number of benzene rings is 1. The number of amides is 1. The molecule has 0 saturated heterocycles. The number of rotatable bonds is 7. The predicted octanol–water partition coefficient (Wildman–Crippen LogP) is 0.832. The summed E-state index contributed by atoms with van der Waals surface area (Å²) in [4.78, 5) is 11.5. The first-order valence-corrected chi connectivity index (χ1v) is 5.92. The van der Waals surface area contributed by atoms with Gasteiger partial charge in [0.2, 0.25) is 5.91 Å². The minimum atomic E-state index is -0.691. The van der Waals surface area contributed by atoms with Gasteiger partial charge >= 0.3 is 0 Å². The summed E-state index contributed by atoms with van der Waals surface area (Å²) in [5.74, 6) is 0.510. The maximum absolute atomic E-state index is 11.5. The predicted molar refractivity (Wildman–Crippen MR) is 72.9 cm³/mol. The normalized spacial score (nSPS) is 12.4. The van der Waals surface area contributed by atoms with Crippen molar-refractivity contribution in [2.24, 2.45) is 0 Å². The average molecular weight is 265 g/mol. The smallest absolute Gasteiger partial charge is 0.244 e. The number of methoxy groups -OCH3 is 2. The summed E-state index contributed by atoms with van der Waals surface area (Å²) in [7, 11) is 3.10. The largest absolute Gasteiger partial charge is 0.497 e. The van der Waals surface area contributed by atoms with E-state index in [4.69, 9.17) is 9.47 Å². The second kappa shape index (κ2) is 8.29. The van der Waals surface area contributed by atoms with Crippen LogP contribution in [0.25, 0.3) is 6.08 Å². The summed E-state index contributed by atoms with van der Waals surface area (Å²) in [5, 5.41) is 11.9. The van der Waals surface area contributed by atoms with E-state index in [1.54, 1.807) is 13.2 Å². The highest BCUT2D eigenvalue weighted by Gasteiger charge is 2.04. The minimum absolute atomic E-state index is 0.166. The van der Waals surface area contributed by atoms with E-state index in [0.29, 0.717) is 0 Å². The fourth-order valence-corrected chi connectivity index (χ4v) is 1.42. The Hall–Kier alpha value is -1.85. The molecule has 0 aliphatic heterocycles. The second-order valence-electron chi connectivity index (χ2n) is 3.96. The molecule has 2 N–H and O–H groups in total. The van der Waals surface area contributed by atoms with Crippen molar-refractivity contribution in [2.45, 2.75) is 6.10 Å². The fraction of sp³-hybridized carbons (Fsp3) is 0.357. The first-order chi connectivity index (χ1) is 9.15. The van der Waals surface area contributed by atoms with Crippen LogP contribution >= 0.6 is 0 Å². The Morgan fingerprint density at radius 2 is 2.05 bits per heavy atom. The van der Waals surface area contributed by atoms with E-state index < -0.39 is 6.10 Å². The van der Waals surface area contributed by atoms with Gasteiger partial charge in [0.1, 0.15) is 5.75 Å². The molecule has 0 fully saturated rings. The molecule has 5 nitrogen and oxygen atoms in total. The molecule has 0 aliphatic carbocycles. The van der Waals surface area contributed by atoms with Crippen molar-refractivity contribution in [3.8, 4) is 5.75 Å². The lowest BCUT2D eigenvalue weighted by Crippen LogP contribution is -2.33. The van der Waals surface area contributed by atoms with Gasteiger partial charge in [-0.25, -0.2) is 0 Å². The Bertz CT molecular complexity index is 414. The molecule has 1 amide bonds. The van der Waals surface area contributed by atoms with E-state index in [1.807, 2.05) is 24.3 Å². The number of hydrogen-bond acceptors (Lipinski definition) is 4. The van der Waals surface area contributed by atoms with E-state index in [2.05, 4.69) is 5.32 Å². The average Bonchev–Trinajstić information content (AvgIpc) is 2.44. The highest BCUT2D eigenvalue weighted by Crippen LogP contribution is 2.12. The van der Waals surface area contributed by atoms with Crippen LogP contribution in [0.4, 0.5) is 0 Å². The van der Waals surface area contributed by atoms with E-state index in [-0.39, 0.29) is 19.1 Å². The zero-order valence-corrected chi connectivity index (χ0v) is 11.1. The lowest BCUT2D eigenvalue weighted by molar-refractivity contribution is -0.117. The maximum Gasteiger partial charge on any atom is 0.244 e.